The van der Waals surface area contributed by atoms with E-state index in [-0.39, 0.29) is 5.60 Å². The van der Waals surface area contributed by atoms with Gasteiger partial charge in [0.15, 0.2) is 0 Å². The van der Waals surface area contributed by atoms with Crippen molar-refractivity contribution in [3.05, 3.63) is 0 Å². The fourth-order valence-electron chi connectivity index (χ4n) is 2.26. The van der Waals surface area contributed by atoms with Gasteiger partial charge in [0.1, 0.15) is 0 Å². The van der Waals surface area contributed by atoms with Crippen LogP contribution in [0.2, 0.25) is 0 Å². The van der Waals surface area contributed by atoms with Gasteiger partial charge in [-0.2, -0.15) is 0 Å². The van der Waals surface area contributed by atoms with Crippen molar-refractivity contribution < 1.29 is 4.74 Å². The van der Waals surface area contributed by atoms with E-state index in [1.54, 1.807) is 0 Å². The molecule has 1 fully saturated rings. The van der Waals surface area contributed by atoms with Crippen LogP contribution in [0.15, 0.2) is 0 Å². The van der Waals surface area contributed by atoms with Gasteiger partial charge in [0.2, 0.25) is 0 Å². The second kappa shape index (κ2) is 5.86. The summed E-state index contributed by atoms with van der Waals surface area (Å²) in [7, 11) is 0. The Morgan fingerprint density at radius 3 is 2.47 bits per heavy atom. The van der Waals surface area contributed by atoms with Gasteiger partial charge in [-0.25, -0.2) is 0 Å². The number of ether oxygens (including phenoxy) is 1. The Balaban J connectivity index is 2.42. The highest BCUT2D eigenvalue weighted by Gasteiger charge is 2.28. The first-order chi connectivity index (χ1) is 7.03. The molecule has 0 aromatic heterocycles. The average molecular weight is 213 g/mol. The van der Waals surface area contributed by atoms with Crippen molar-refractivity contribution in [1.29, 1.82) is 0 Å². The Bertz CT molecular complexity index is 174. The minimum Gasteiger partial charge on any atom is -0.371 e. The largest absolute Gasteiger partial charge is 0.371 e. The maximum atomic E-state index is 6.13. The van der Waals surface area contributed by atoms with Gasteiger partial charge >= 0.3 is 0 Å². The molecule has 1 saturated carbocycles. The Hall–Kier alpha value is -0.0800. The highest BCUT2D eigenvalue weighted by molar-refractivity contribution is 4.83. The number of nitrogens with one attached hydrogen (secondary N) is 1. The van der Waals surface area contributed by atoms with E-state index in [1.807, 2.05) is 0 Å². The van der Waals surface area contributed by atoms with Crippen LogP contribution in [-0.2, 0) is 4.74 Å². The minimum atomic E-state index is -0.00580. The first kappa shape index (κ1) is 13.0. The van der Waals surface area contributed by atoms with Crippen LogP contribution in [0.1, 0.15) is 59.8 Å². The molecule has 1 aliphatic rings. The predicted octanol–water partition coefficient (Wildman–Crippen LogP) is 3.11. The van der Waals surface area contributed by atoms with Crippen molar-refractivity contribution >= 4 is 0 Å². The van der Waals surface area contributed by atoms with Crippen molar-refractivity contribution in [3.63, 3.8) is 0 Å². The van der Waals surface area contributed by atoms with Crippen LogP contribution in [-0.4, -0.2) is 24.3 Å². The molecule has 0 radical (unpaired) electrons. The van der Waals surface area contributed by atoms with Gasteiger partial charge in [-0.3, -0.25) is 0 Å². The van der Waals surface area contributed by atoms with Crippen molar-refractivity contribution in [1.82, 2.24) is 5.32 Å². The lowest BCUT2D eigenvalue weighted by atomic mass is 9.91. The van der Waals surface area contributed by atoms with Crippen LogP contribution in [0.5, 0.6) is 0 Å². The van der Waals surface area contributed by atoms with Crippen molar-refractivity contribution in [2.75, 3.05) is 6.54 Å². The van der Waals surface area contributed by atoms with Gasteiger partial charge in [-0.05, 0) is 46.6 Å². The van der Waals surface area contributed by atoms with Crippen molar-refractivity contribution in [2.45, 2.75) is 77.5 Å². The molecule has 1 N–H and O–H groups in total. The summed E-state index contributed by atoms with van der Waals surface area (Å²) < 4.78 is 6.13. The molecule has 1 aliphatic carbocycles. The molecule has 0 aromatic carbocycles. The predicted molar refractivity (Wildman–Crippen MR) is 65.2 cm³/mol. The molecule has 2 nitrogen and oxygen atoms in total. The van der Waals surface area contributed by atoms with E-state index in [0.29, 0.717) is 12.1 Å². The first-order valence-corrected chi connectivity index (χ1v) is 6.44. The third kappa shape index (κ3) is 4.98. The third-order valence-corrected chi connectivity index (χ3v) is 2.86. The molecule has 2 heteroatoms. The van der Waals surface area contributed by atoms with Gasteiger partial charge in [0.05, 0.1) is 11.7 Å². The second-order valence-corrected chi connectivity index (χ2v) is 5.61. The quantitative estimate of drug-likeness (QED) is 0.775. The minimum absolute atomic E-state index is 0.00580. The number of hydrogen-bond donors (Lipinski definition) is 1. The van der Waals surface area contributed by atoms with E-state index in [0.717, 1.165) is 6.54 Å². The Kier molecular flexibility index (Phi) is 5.07. The molecule has 2 atom stereocenters. The molecule has 0 aliphatic heterocycles. The summed E-state index contributed by atoms with van der Waals surface area (Å²) in [5, 5.41) is 3.62. The lowest BCUT2D eigenvalue weighted by molar-refractivity contribution is -0.0868. The summed E-state index contributed by atoms with van der Waals surface area (Å²) in [4.78, 5) is 0. The summed E-state index contributed by atoms with van der Waals surface area (Å²) in [6.07, 6.45) is 6.81. The molecule has 0 bridgehead atoms. The smallest absolute Gasteiger partial charge is 0.0735 e. The fourth-order valence-corrected chi connectivity index (χ4v) is 2.26. The molecule has 0 heterocycles. The van der Waals surface area contributed by atoms with Gasteiger partial charge in [0.25, 0.3) is 0 Å². The normalized spacial score (nSPS) is 28.0. The summed E-state index contributed by atoms with van der Waals surface area (Å²) in [6, 6.07) is 0.581. The molecule has 0 saturated heterocycles. The highest BCUT2D eigenvalue weighted by atomic mass is 16.5. The zero-order chi connectivity index (χ0) is 11.3. The van der Waals surface area contributed by atoms with Gasteiger partial charge < -0.3 is 10.1 Å². The molecule has 0 spiro atoms. The van der Waals surface area contributed by atoms with Crippen LogP contribution < -0.4 is 5.32 Å². The molecule has 90 valence electrons. The number of rotatable bonds is 4. The maximum Gasteiger partial charge on any atom is 0.0735 e. The summed E-state index contributed by atoms with van der Waals surface area (Å²) in [6.45, 7) is 9.79. The maximum absolute atomic E-state index is 6.13. The molecular formula is C13H27NO. The molecule has 0 amide bonds. The summed E-state index contributed by atoms with van der Waals surface area (Å²) >= 11 is 0. The lowest BCUT2D eigenvalue weighted by Gasteiger charge is -2.36. The van der Waals surface area contributed by atoms with E-state index < -0.39 is 0 Å². The molecule has 1 rings (SSSR count). The van der Waals surface area contributed by atoms with E-state index in [9.17, 15) is 0 Å². The zero-order valence-electron chi connectivity index (χ0n) is 10.8. The first-order valence-electron chi connectivity index (χ1n) is 6.44. The van der Waals surface area contributed by atoms with Crippen LogP contribution in [0.3, 0.4) is 0 Å². The SMILES string of the molecule is CCCNC1CCCCC1OC(C)(C)C. The summed E-state index contributed by atoms with van der Waals surface area (Å²) in [5.41, 5.74) is -0.00580. The lowest BCUT2D eigenvalue weighted by Crippen LogP contribution is -2.46. The van der Waals surface area contributed by atoms with Crippen LogP contribution in [0.4, 0.5) is 0 Å². The third-order valence-electron chi connectivity index (χ3n) is 2.86. The van der Waals surface area contributed by atoms with E-state index in [4.69, 9.17) is 4.74 Å². The van der Waals surface area contributed by atoms with E-state index in [1.165, 1.54) is 32.1 Å². The standard InChI is InChI=1S/C13H27NO/c1-5-10-14-11-8-6-7-9-12(11)15-13(2,3)4/h11-12,14H,5-10H2,1-4H3. The zero-order valence-corrected chi connectivity index (χ0v) is 10.8. The van der Waals surface area contributed by atoms with Gasteiger partial charge in [0, 0.05) is 6.04 Å². The molecule has 15 heavy (non-hydrogen) atoms. The molecule has 0 aromatic rings. The van der Waals surface area contributed by atoms with E-state index >= 15 is 0 Å². The van der Waals surface area contributed by atoms with E-state index in [2.05, 4.69) is 33.0 Å². The van der Waals surface area contributed by atoms with Crippen molar-refractivity contribution in [3.8, 4) is 0 Å². The fraction of sp³-hybridized carbons (Fsp3) is 1.00. The topological polar surface area (TPSA) is 21.3 Å². The Labute approximate surface area is 94.8 Å². The molecule has 2 unspecified atom stereocenters. The van der Waals surface area contributed by atoms with Crippen LogP contribution >= 0.6 is 0 Å². The highest BCUT2D eigenvalue weighted by Crippen LogP contribution is 2.25. The monoisotopic (exact) mass is 213 g/mol. The Morgan fingerprint density at radius 2 is 1.87 bits per heavy atom. The van der Waals surface area contributed by atoms with Gasteiger partial charge in [-0.15, -0.1) is 0 Å². The number of hydrogen-bond acceptors (Lipinski definition) is 2. The molecular weight excluding hydrogens is 186 g/mol. The summed E-state index contributed by atoms with van der Waals surface area (Å²) in [5.74, 6) is 0. The second-order valence-electron chi connectivity index (χ2n) is 5.61. The Morgan fingerprint density at radius 1 is 1.20 bits per heavy atom. The van der Waals surface area contributed by atoms with Crippen LogP contribution in [0, 0.1) is 0 Å². The van der Waals surface area contributed by atoms with Crippen molar-refractivity contribution in [2.24, 2.45) is 0 Å². The van der Waals surface area contributed by atoms with Gasteiger partial charge in [-0.1, -0.05) is 19.8 Å². The average Bonchev–Trinajstić information content (AvgIpc) is 2.14. The van der Waals surface area contributed by atoms with Crippen LogP contribution in [0.25, 0.3) is 0 Å².